The molecule has 1 aliphatic heterocycles. The molecule has 2 rings (SSSR count). The van der Waals surface area contributed by atoms with Gasteiger partial charge in [-0.25, -0.2) is 0 Å². The summed E-state index contributed by atoms with van der Waals surface area (Å²) >= 11 is 0. The lowest BCUT2D eigenvalue weighted by Gasteiger charge is -2.23. The molecule has 3 nitrogen and oxygen atoms in total. The van der Waals surface area contributed by atoms with Crippen molar-refractivity contribution in [2.24, 2.45) is 5.18 Å². The molecular weight excluding hydrogens is 190 g/mol. The quantitative estimate of drug-likeness (QED) is 0.613. The van der Waals surface area contributed by atoms with Gasteiger partial charge in [-0.15, -0.1) is 0 Å². The molecule has 0 fully saturated rings. The van der Waals surface area contributed by atoms with Crippen LogP contribution in [0.1, 0.15) is 24.5 Å². The third kappa shape index (κ3) is 3.35. The van der Waals surface area contributed by atoms with E-state index < -0.39 is 0 Å². The van der Waals surface area contributed by atoms with Gasteiger partial charge >= 0.3 is 0 Å². The van der Waals surface area contributed by atoms with Gasteiger partial charge in [-0.05, 0) is 38.3 Å². The number of nitrogens with zero attached hydrogens (tertiary/aromatic N) is 1. The molecule has 1 unspecified atom stereocenters. The Balaban J connectivity index is 0.000000337. The highest BCUT2D eigenvalue weighted by atomic mass is 16.5. The molecule has 0 amide bonds. The second-order valence-corrected chi connectivity index (χ2v) is 3.76. The largest absolute Gasteiger partial charge is 0.490 e. The van der Waals surface area contributed by atoms with Crippen LogP contribution in [-0.2, 0) is 6.42 Å². The molecule has 1 aliphatic rings. The first-order valence-corrected chi connectivity index (χ1v) is 5.15. The molecule has 1 aromatic carbocycles. The summed E-state index contributed by atoms with van der Waals surface area (Å²) in [6.07, 6.45) is 2.70. The van der Waals surface area contributed by atoms with Gasteiger partial charge in [0.25, 0.3) is 0 Å². The smallest absolute Gasteiger partial charge is 0.122 e. The van der Waals surface area contributed by atoms with Crippen molar-refractivity contribution >= 4 is 0 Å². The van der Waals surface area contributed by atoms with E-state index in [1.54, 1.807) is 0 Å². The minimum Gasteiger partial charge on any atom is -0.490 e. The molecule has 82 valence electrons. The lowest BCUT2D eigenvalue weighted by Crippen LogP contribution is -2.18. The van der Waals surface area contributed by atoms with Crippen molar-refractivity contribution in [1.82, 2.24) is 0 Å². The minimum absolute atomic E-state index is 0.389. The molecule has 0 aromatic heterocycles. The Morgan fingerprint density at radius 1 is 1.47 bits per heavy atom. The summed E-state index contributed by atoms with van der Waals surface area (Å²) in [5, 5.41) is 2.25. The van der Waals surface area contributed by atoms with Gasteiger partial charge in [0.15, 0.2) is 0 Å². The molecule has 1 aromatic rings. The van der Waals surface area contributed by atoms with Crippen LogP contribution < -0.4 is 4.74 Å². The molecule has 0 saturated carbocycles. The zero-order valence-electron chi connectivity index (χ0n) is 9.49. The maximum Gasteiger partial charge on any atom is 0.122 e. The van der Waals surface area contributed by atoms with Crippen LogP contribution in [-0.4, -0.2) is 13.2 Å². The third-order valence-electron chi connectivity index (χ3n) is 2.36. The number of hydrogen-bond acceptors (Lipinski definition) is 3. The van der Waals surface area contributed by atoms with Gasteiger partial charge in [0.1, 0.15) is 5.75 Å². The van der Waals surface area contributed by atoms with E-state index in [9.17, 15) is 0 Å². The molecular formula is C12H17NO2. The number of benzene rings is 1. The van der Waals surface area contributed by atoms with E-state index in [4.69, 9.17) is 9.64 Å². The van der Waals surface area contributed by atoms with Crippen LogP contribution in [0, 0.1) is 11.8 Å². The normalized spacial score (nSPS) is 17.9. The highest BCUT2D eigenvalue weighted by molar-refractivity contribution is 5.38. The van der Waals surface area contributed by atoms with E-state index in [-0.39, 0.29) is 0 Å². The van der Waals surface area contributed by atoms with E-state index in [1.165, 1.54) is 18.2 Å². The average molecular weight is 207 g/mol. The monoisotopic (exact) mass is 207 g/mol. The first-order chi connectivity index (χ1) is 7.17. The summed E-state index contributed by atoms with van der Waals surface area (Å²) in [7, 11) is 1.19. The lowest BCUT2D eigenvalue weighted by atomic mass is 10.0. The summed E-state index contributed by atoms with van der Waals surface area (Å²) in [5.74, 6) is 1.08. The predicted octanol–water partition coefficient (Wildman–Crippen LogP) is 3.09. The van der Waals surface area contributed by atoms with Gasteiger partial charge in [-0.3, -0.25) is 0 Å². The molecule has 0 bridgehead atoms. The molecule has 0 radical (unpaired) electrons. The Morgan fingerprint density at radius 3 is 2.80 bits per heavy atom. The highest BCUT2D eigenvalue weighted by Crippen LogP contribution is 2.27. The third-order valence-corrected chi connectivity index (χ3v) is 2.36. The van der Waals surface area contributed by atoms with Crippen LogP contribution in [0.4, 0.5) is 0 Å². The van der Waals surface area contributed by atoms with Gasteiger partial charge in [0.05, 0.1) is 13.2 Å². The van der Waals surface area contributed by atoms with E-state index in [0.29, 0.717) is 6.10 Å². The first-order valence-electron chi connectivity index (χ1n) is 5.15. The van der Waals surface area contributed by atoms with Crippen LogP contribution in [0.3, 0.4) is 0 Å². The van der Waals surface area contributed by atoms with Crippen LogP contribution in [0.25, 0.3) is 0 Å². The number of ether oxygens (including phenoxy) is 1. The predicted molar refractivity (Wildman–Crippen MR) is 61.3 cm³/mol. The molecule has 0 N–H and O–H groups in total. The summed E-state index contributed by atoms with van der Waals surface area (Å²) in [4.78, 5) is 8.56. The standard InChI is InChI=1S/C11H14O.CH3NO/c1-8-3-6-11-10(7-8)5-4-9(2)12-11;1-2-3/h3,6-7,9H,4-5H2,1-2H3;1H3. The number of rotatable bonds is 0. The maximum atomic E-state index is 8.56. The van der Waals surface area contributed by atoms with Crippen molar-refractivity contribution in [2.75, 3.05) is 7.05 Å². The van der Waals surface area contributed by atoms with E-state index in [0.717, 1.165) is 18.6 Å². The van der Waals surface area contributed by atoms with E-state index >= 15 is 0 Å². The van der Waals surface area contributed by atoms with E-state index in [1.807, 2.05) is 0 Å². The second-order valence-electron chi connectivity index (χ2n) is 3.76. The van der Waals surface area contributed by atoms with Crippen LogP contribution >= 0.6 is 0 Å². The number of hydrogen-bond donors (Lipinski definition) is 0. The fraction of sp³-hybridized carbons (Fsp3) is 0.500. The van der Waals surface area contributed by atoms with Crippen molar-refractivity contribution < 1.29 is 4.74 Å². The van der Waals surface area contributed by atoms with Crippen LogP contribution in [0.15, 0.2) is 23.4 Å². The van der Waals surface area contributed by atoms with Crippen molar-refractivity contribution in [3.05, 3.63) is 34.2 Å². The van der Waals surface area contributed by atoms with Crippen molar-refractivity contribution in [3.63, 3.8) is 0 Å². The zero-order chi connectivity index (χ0) is 11.3. The fourth-order valence-electron chi connectivity index (χ4n) is 1.65. The first kappa shape index (κ1) is 11.7. The molecule has 0 saturated heterocycles. The molecule has 0 aliphatic carbocycles. The van der Waals surface area contributed by atoms with Crippen LogP contribution in [0.2, 0.25) is 0 Å². The van der Waals surface area contributed by atoms with Crippen molar-refractivity contribution in [1.29, 1.82) is 0 Å². The Hall–Kier alpha value is -1.38. The number of nitroso groups, excluding NO2 is 1. The molecule has 3 heteroatoms. The summed E-state index contributed by atoms with van der Waals surface area (Å²) in [5.41, 5.74) is 2.69. The minimum atomic E-state index is 0.389. The average Bonchev–Trinajstić information content (AvgIpc) is 2.20. The maximum absolute atomic E-state index is 8.56. The van der Waals surface area contributed by atoms with Gasteiger partial charge < -0.3 is 4.74 Å². The van der Waals surface area contributed by atoms with Crippen molar-refractivity contribution in [3.8, 4) is 5.75 Å². The Bertz CT molecular complexity index is 336. The summed E-state index contributed by atoms with van der Waals surface area (Å²) in [6.45, 7) is 4.25. The highest BCUT2D eigenvalue weighted by Gasteiger charge is 2.14. The topological polar surface area (TPSA) is 38.7 Å². The SMILES string of the molecule is CN=O.Cc1ccc2c(c1)CCC(C)O2. The summed E-state index contributed by atoms with van der Waals surface area (Å²) in [6, 6.07) is 6.42. The van der Waals surface area contributed by atoms with Gasteiger partial charge in [0.2, 0.25) is 0 Å². The Labute approximate surface area is 90.4 Å². The molecule has 1 heterocycles. The Morgan fingerprint density at radius 2 is 2.13 bits per heavy atom. The number of aryl methyl sites for hydroxylation is 2. The lowest BCUT2D eigenvalue weighted by molar-refractivity contribution is 0.192. The van der Waals surface area contributed by atoms with E-state index in [2.05, 4.69) is 37.2 Å². The van der Waals surface area contributed by atoms with Crippen molar-refractivity contribution in [2.45, 2.75) is 32.8 Å². The second kappa shape index (κ2) is 5.49. The molecule has 1 atom stereocenters. The molecule has 15 heavy (non-hydrogen) atoms. The van der Waals surface area contributed by atoms with Gasteiger partial charge in [-0.2, -0.15) is 4.91 Å². The number of fused-ring (bicyclic) bond motifs is 1. The Kier molecular flexibility index (Phi) is 4.28. The van der Waals surface area contributed by atoms with Gasteiger partial charge in [-0.1, -0.05) is 22.9 Å². The summed E-state index contributed by atoms with van der Waals surface area (Å²) < 4.78 is 5.69. The van der Waals surface area contributed by atoms with Gasteiger partial charge in [0, 0.05) is 0 Å². The zero-order valence-corrected chi connectivity index (χ0v) is 9.49. The fourth-order valence-corrected chi connectivity index (χ4v) is 1.65. The molecule has 0 spiro atoms. The van der Waals surface area contributed by atoms with Crippen LogP contribution in [0.5, 0.6) is 5.75 Å².